The molecule has 20 heteroatoms. The van der Waals surface area contributed by atoms with E-state index in [1.165, 1.54) is 0 Å². The average molecular weight is 670 g/mol. The zero-order valence-electron chi connectivity index (χ0n) is 23.4. The summed E-state index contributed by atoms with van der Waals surface area (Å²) in [5.74, 6) is -18.5. The van der Waals surface area contributed by atoms with Crippen LogP contribution in [0.3, 0.4) is 0 Å². The fourth-order valence-electron chi connectivity index (χ4n) is 5.05. The van der Waals surface area contributed by atoms with Crippen molar-refractivity contribution in [3.8, 4) is 34.5 Å². The maximum absolute atomic E-state index is 13.3. The average Bonchev–Trinajstić information content (AvgIpc) is 3.00. The number of ether oxygens (including phenoxy) is 4. The zero-order chi connectivity index (χ0) is 35.1. The summed E-state index contributed by atoms with van der Waals surface area (Å²) in [4.78, 5) is 62.1. The molecule has 4 rings (SSSR count). The first-order chi connectivity index (χ1) is 21.9. The van der Waals surface area contributed by atoms with E-state index in [1.54, 1.807) is 0 Å². The molecule has 8 atom stereocenters. The molecule has 0 aromatic heterocycles. The highest BCUT2D eigenvalue weighted by Crippen LogP contribution is 2.49. The van der Waals surface area contributed by atoms with Crippen LogP contribution in [0.2, 0.25) is 0 Å². The van der Waals surface area contributed by atoms with E-state index < -0.39 is 143 Å². The third kappa shape index (κ3) is 6.56. The van der Waals surface area contributed by atoms with E-state index in [-0.39, 0.29) is 0 Å². The molecule has 0 aliphatic carbocycles. The number of benzene rings is 2. The molecule has 2 aromatic rings. The van der Waals surface area contributed by atoms with Gasteiger partial charge in [0.2, 0.25) is 18.1 Å². The van der Waals surface area contributed by atoms with Gasteiger partial charge in [-0.1, -0.05) is 0 Å². The van der Waals surface area contributed by atoms with E-state index in [4.69, 9.17) is 18.9 Å². The molecule has 0 saturated carbocycles. The molecule has 2 aliphatic heterocycles. The predicted molar refractivity (Wildman–Crippen MR) is 141 cm³/mol. The number of carboxylic acids is 2. The Morgan fingerprint density at radius 2 is 1.40 bits per heavy atom. The number of carbonyl (C=O) groups excluding carboxylic acids is 3. The number of phenolic OH excluding ortho intramolecular Hbond substituents is 6. The van der Waals surface area contributed by atoms with Gasteiger partial charge in [-0.15, -0.1) is 0 Å². The Labute approximate surface area is 260 Å². The molecule has 47 heavy (non-hydrogen) atoms. The van der Waals surface area contributed by atoms with Crippen LogP contribution in [-0.2, 0) is 33.3 Å². The Kier molecular flexibility index (Phi) is 9.52. The first-order valence-corrected chi connectivity index (χ1v) is 13.2. The minimum Gasteiger partial charge on any atom is -0.504 e. The number of aliphatic hydroxyl groups is 3. The van der Waals surface area contributed by atoms with E-state index in [0.717, 1.165) is 0 Å². The summed E-state index contributed by atoms with van der Waals surface area (Å²) < 4.78 is 20.1. The molecule has 1 saturated heterocycles. The van der Waals surface area contributed by atoms with Gasteiger partial charge < -0.3 is 75.1 Å². The van der Waals surface area contributed by atoms with Crippen molar-refractivity contribution in [3.05, 3.63) is 34.9 Å². The number of cyclic esters (lactones) is 1. The Balaban J connectivity index is 1.60. The standard InChI is InChI=1S/C27H26O20/c28-9-1-6(2-10(29)16(9)33)24(41)47-27-21(38)20(37)18(35)12(45-27)5-44-25(42)8(4-13(31)32)15-14-7(3-11(30)17(34)19(14)36)26(43)46-22(15)23(39)40/h1-3,8,12,15,18,20-22,27-30,33-38H,4-5H2,(H,31,32)(H,39,40)/t8-,12+,15-,18+,20-,21+,22-,27-/m0/s1. The van der Waals surface area contributed by atoms with E-state index in [2.05, 4.69) is 0 Å². The van der Waals surface area contributed by atoms with Gasteiger partial charge in [-0.2, -0.15) is 0 Å². The van der Waals surface area contributed by atoms with Crippen molar-refractivity contribution < 1.29 is 99.1 Å². The van der Waals surface area contributed by atoms with Crippen LogP contribution in [0.15, 0.2) is 18.2 Å². The molecule has 0 spiro atoms. The summed E-state index contributed by atoms with van der Waals surface area (Å²) in [5.41, 5.74) is -2.05. The summed E-state index contributed by atoms with van der Waals surface area (Å²) in [5, 5.41) is 109. The number of hydrogen-bond donors (Lipinski definition) is 11. The van der Waals surface area contributed by atoms with Gasteiger partial charge in [0.1, 0.15) is 31.0 Å². The summed E-state index contributed by atoms with van der Waals surface area (Å²) in [7, 11) is 0. The van der Waals surface area contributed by atoms with Gasteiger partial charge in [0.15, 0.2) is 28.7 Å². The maximum atomic E-state index is 13.3. The number of aliphatic carboxylic acids is 2. The number of phenols is 6. The van der Waals surface area contributed by atoms with Crippen molar-refractivity contribution >= 4 is 29.8 Å². The smallest absolute Gasteiger partial charge is 0.345 e. The first-order valence-electron chi connectivity index (χ1n) is 13.2. The number of carbonyl (C=O) groups is 5. The van der Waals surface area contributed by atoms with Crippen LogP contribution >= 0.6 is 0 Å². The summed E-state index contributed by atoms with van der Waals surface area (Å²) in [6.07, 6.45) is -13.8. The second kappa shape index (κ2) is 13.0. The summed E-state index contributed by atoms with van der Waals surface area (Å²) >= 11 is 0. The molecule has 2 heterocycles. The highest BCUT2D eigenvalue weighted by molar-refractivity contribution is 5.98. The van der Waals surface area contributed by atoms with Crippen LogP contribution in [0.25, 0.3) is 0 Å². The Bertz CT molecular complexity index is 1590. The lowest BCUT2D eigenvalue weighted by atomic mass is 9.76. The Morgan fingerprint density at radius 1 is 0.809 bits per heavy atom. The number of carboxylic acid groups (broad SMARTS) is 2. The van der Waals surface area contributed by atoms with Gasteiger partial charge in [-0.25, -0.2) is 14.4 Å². The van der Waals surface area contributed by atoms with Crippen molar-refractivity contribution in [1.82, 2.24) is 0 Å². The quantitative estimate of drug-likeness (QED) is 0.0774. The molecule has 254 valence electrons. The molecule has 11 N–H and O–H groups in total. The van der Waals surface area contributed by atoms with Gasteiger partial charge in [-0.3, -0.25) is 9.59 Å². The SMILES string of the molecule is O=C(O)C[C@H](C(=O)OC[C@H]1O[C@@H](OC(=O)c2cc(O)c(O)c(O)c2)[C@H](O)[C@@H](O)[C@@H]1O)[C@H]1c2c(cc(O)c(O)c2O)C(=O)O[C@@H]1C(=O)O. The topological polar surface area (TPSA) is 345 Å². The molecule has 2 aliphatic rings. The van der Waals surface area contributed by atoms with Crippen molar-refractivity contribution in [2.24, 2.45) is 5.92 Å². The van der Waals surface area contributed by atoms with Crippen LogP contribution < -0.4 is 0 Å². The largest absolute Gasteiger partial charge is 0.504 e. The minimum atomic E-state index is -2.34. The van der Waals surface area contributed by atoms with Gasteiger partial charge in [0, 0.05) is 5.56 Å². The lowest BCUT2D eigenvalue weighted by Crippen LogP contribution is -2.59. The van der Waals surface area contributed by atoms with Gasteiger partial charge in [0.05, 0.1) is 29.4 Å². The van der Waals surface area contributed by atoms with Crippen molar-refractivity contribution in [1.29, 1.82) is 0 Å². The second-order valence-corrected chi connectivity index (χ2v) is 10.4. The normalized spacial score (nSPS) is 25.9. The summed E-state index contributed by atoms with van der Waals surface area (Å²) in [6.45, 7) is -1.08. The van der Waals surface area contributed by atoms with Gasteiger partial charge in [-0.05, 0) is 18.2 Å². The molecule has 0 radical (unpaired) electrons. The third-order valence-corrected chi connectivity index (χ3v) is 7.37. The monoisotopic (exact) mass is 670 g/mol. The molecule has 0 unspecified atom stereocenters. The molecule has 2 aromatic carbocycles. The number of aromatic hydroxyl groups is 6. The lowest BCUT2D eigenvalue weighted by molar-refractivity contribution is -0.286. The first kappa shape index (κ1) is 34.3. The number of fused-ring (bicyclic) bond motifs is 1. The van der Waals surface area contributed by atoms with E-state index in [9.17, 15) is 80.1 Å². The third-order valence-electron chi connectivity index (χ3n) is 7.37. The maximum Gasteiger partial charge on any atom is 0.345 e. The van der Waals surface area contributed by atoms with Crippen LogP contribution in [0, 0.1) is 5.92 Å². The molecular weight excluding hydrogens is 644 g/mol. The number of hydrogen-bond acceptors (Lipinski definition) is 18. The number of esters is 3. The predicted octanol–water partition coefficient (Wildman–Crippen LogP) is -2.07. The van der Waals surface area contributed by atoms with Crippen molar-refractivity contribution in [2.75, 3.05) is 6.61 Å². The molecule has 20 nitrogen and oxygen atoms in total. The highest BCUT2D eigenvalue weighted by Gasteiger charge is 2.51. The molecule has 1 fully saturated rings. The molecular formula is C27H26O20. The van der Waals surface area contributed by atoms with Crippen LogP contribution in [0.5, 0.6) is 34.5 Å². The van der Waals surface area contributed by atoms with Gasteiger partial charge >= 0.3 is 29.8 Å². The fourth-order valence-corrected chi connectivity index (χ4v) is 5.05. The second-order valence-electron chi connectivity index (χ2n) is 10.4. The Morgan fingerprint density at radius 3 is 1.98 bits per heavy atom. The Hall–Kier alpha value is -5.57. The van der Waals surface area contributed by atoms with Crippen molar-refractivity contribution in [2.45, 2.75) is 49.1 Å². The van der Waals surface area contributed by atoms with E-state index in [1.807, 2.05) is 0 Å². The number of aliphatic hydroxyl groups excluding tert-OH is 3. The van der Waals surface area contributed by atoms with Crippen LogP contribution in [-0.4, -0.2) is 129 Å². The lowest BCUT2D eigenvalue weighted by Gasteiger charge is -2.40. The number of rotatable bonds is 9. The van der Waals surface area contributed by atoms with E-state index in [0.29, 0.717) is 18.2 Å². The minimum absolute atomic E-state index is 0.572. The van der Waals surface area contributed by atoms with Crippen LogP contribution in [0.4, 0.5) is 0 Å². The molecule has 0 amide bonds. The fraction of sp³-hybridized carbons (Fsp3) is 0.370. The molecule has 0 bridgehead atoms. The van der Waals surface area contributed by atoms with Gasteiger partial charge in [0.25, 0.3) is 0 Å². The van der Waals surface area contributed by atoms with Crippen molar-refractivity contribution in [3.63, 3.8) is 0 Å². The highest BCUT2D eigenvalue weighted by atomic mass is 16.7. The van der Waals surface area contributed by atoms with Crippen LogP contribution in [0.1, 0.15) is 38.6 Å². The summed E-state index contributed by atoms with van der Waals surface area (Å²) in [6, 6.07) is 1.93. The van der Waals surface area contributed by atoms with E-state index >= 15 is 0 Å². The zero-order valence-corrected chi connectivity index (χ0v) is 23.4.